The molecule has 4 N–H and O–H groups in total. The highest BCUT2D eigenvalue weighted by molar-refractivity contribution is 5.95. The Bertz CT molecular complexity index is 376. The third-order valence-electron chi connectivity index (χ3n) is 2.42. The molecule has 0 heterocycles. The van der Waals surface area contributed by atoms with E-state index in [4.69, 9.17) is 5.73 Å². The van der Waals surface area contributed by atoms with Crippen LogP contribution in [0.2, 0.25) is 0 Å². The van der Waals surface area contributed by atoms with Gasteiger partial charge in [-0.05, 0) is 31.0 Å². The molecule has 1 atom stereocenters. The van der Waals surface area contributed by atoms with Crippen LogP contribution in [0.15, 0.2) is 18.2 Å². The lowest BCUT2D eigenvalue weighted by molar-refractivity contribution is 0.0941. The maximum Gasteiger partial charge on any atom is 0.251 e. The lowest BCUT2D eigenvalue weighted by Crippen LogP contribution is -2.27. The van der Waals surface area contributed by atoms with E-state index in [9.17, 15) is 14.3 Å². The molecule has 17 heavy (non-hydrogen) atoms. The summed E-state index contributed by atoms with van der Waals surface area (Å²) in [6.07, 6.45) is 0.698. The molecule has 5 heteroatoms. The average molecular weight is 240 g/mol. The summed E-state index contributed by atoms with van der Waals surface area (Å²) >= 11 is 0. The van der Waals surface area contributed by atoms with Crippen molar-refractivity contribution < 1.29 is 14.3 Å². The fraction of sp³-hybridized carbons (Fsp3) is 0.417. The Balaban J connectivity index is 2.52. The summed E-state index contributed by atoms with van der Waals surface area (Å²) in [4.78, 5) is 11.6. The molecule has 0 radical (unpaired) electrons. The SMILES string of the molecule is CCC(O)CCNC(=O)c1cc(N)cc(F)c1. The van der Waals surface area contributed by atoms with E-state index in [2.05, 4.69) is 5.32 Å². The minimum Gasteiger partial charge on any atom is -0.399 e. The molecule has 1 aromatic rings. The van der Waals surface area contributed by atoms with Crippen LogP contribution in [-0.2, 0) is 0 Å². The predicted octanol–water partition coefficient (Wildman–Crippen LogP) is 1.30. The molecular formula is C12H17FN2O2. The van der Waals surface area contributed by atoms with Crippen LogP contribution in [0.4, 0.5) is 10.1 Å². The largest absolute Gasteiger partial charge is 0.399 e. The zero-order chi connectivity index (χ0) is 12.8. The standard InChI is InChI=1S/C12H17FN2O2/c1-2-11(16)3-4-15-12(17)8-5-9(13)7-10(14)6-8/h5-7,11,16H,2-4,14H2,1H3,(H,15,17). The summed E-state index contributed by atoms with van der Waals surface area (Å²) in [5.74, 6) is -0.928. The molecular weight excluding hydrogens is 223 g/mol. The Labute approximate surface area is 99.6 Å². The first kappa shape index (κ1) is 13.4. The van der Waals surface area contributed by atoms with Crippen molar-refractivity contribution in [2.45, 2.75) is 25.9 Å². The summed E-state index contributed by atoms with van der Waals surface area (Å²) in [6, 6.07) is 3.69. The van der Waals surface area contributed by atoms with Crippen LogP contribution in [0.3, 0.4) is 0 Å². The van der Waals surface area contributed by atoms with E-state index in [0.717, 1.165) is 12.1 Å². The second-order valence-electron chi connectivity index (χ2n) is 3.88. The fourth-order valence-electron chi connectivity index (χ4n) is 1.40. The highest BCUT2D eigenvalue weighted by atomic mass is 19.1. The van der Waals surface area contributed by atoms with Gasteiger partial charge in [-0.1, -0.05) is 6.92 Å². The third kappa shape index (κ3) is 4.40. The minimum absolute atomic E-state index is 0.188. The number of nitrogens with two attached hydrogens (primary N) is 1. The third-order valence-corrected chi connectivity index (χ3v) is 2.42. The van der Waals surface area contributed by atoms with Crippen molar-refractivity contribution in [1.29, 1.82) is 0 Å². The minimum atomic E-state index is -0.538. The Kier molecular flexibility index (Phi) is 4.90. The van der Waals surface area contributed by atoms with Crippen molar-refractivity contribution >= 4 is 11.6 Å². The number of halogens is 1. The zero-order valence-corrected chi connectivity index (χ0v) is 9.74. The lowest BCUT2D eigenvalue weighted by atomic mass is 10.1. The van der Waals surface area contributed by atoms with Gasteiger partial charge in [0.1, 0.15) is 5.82 Å². The van der Waals surface area contributed by atoms with Gasteiger partial charge >= 0.3 is 0 Å². The molecule has 1 aromatic carbocycles. The van der Waals surface area contributed by atoms with Gasteiger partial charge in [-0.25, -0.2) is 4.39 Å². The van der Waals surface area contributed by atoms with Crippen LogP contribution in [0.1, 0.15) is 30.1 Å². The van der Waals surface area contributed by atoms with Crippen molar-refractivity contribution in [3.8, 4) is 0 Å². The number of carbonyl (C=O) groups is 1. The van der Waals surface area contributed by atoms with Gasteiger partial charge in [-0.2, -0.15) is 0 Å². The number of hydrogen-bond acceptors (Lipinski definition) is 3. The van der Waals surface area contributed by atoms with E-state index in [-0.39, 0.29) is 17.2 Å². The molecule has 1 unspecified atom stereocenters. The molecule has 0 fully saturated rings. The first-order valence-electron chi connectivity index (χ1n) is 5.55. The number of carbonyl (C=O) groups excluding carboxylic acids is 1. The van der Waals surface area contributed by atoms with Crippen molar-refractivity contribution in [2.75, 3.05) is 12.3 Å². The van der Waals surface area contributed by atoms with E-state index in [1.54, 1.807) is 0 Å². The number of benzene rings is 1. The van der Waals surface area contributed by atoms with Gasteiger partial charge in [0.15, 0.2) is 0 Å². The van der Waals surface area contributed by atoms with Crippen LogP contribution in [-0.4, -0.2) is 23.7 Å². The number of aliphatic hydroxyl groups excluding tert-OH is 1. The molecule has 1 rings (SSSR count). The topological polar surface area (TPSA) is 75.3 Å². The fourth-order valence-corrected chi connectivity index (χ4v) is 1.40. The molecule has 0 saturated heterocycles. The van der Waals surface area contributed by atoms with E-state index in [1.165, 1.54) is 6.07 Å². The molecule has 0 aromatic heterocycles. The van der Waals surface area contributed by atoms with Crippen LogP contribution in [0.25, 0.3) is 0 Å². The molecule has 0 saturated carbocycles. The van der Waals surface area contributed by atoms with Crippen molar-refractivity contribution in [3.63, 3.8) is 0 Å². The first-order chi connectivity index (χ1) is 8.02. The average Bonchev–Trinajstić information content (AvgIpc) is 2.27. The Morgan fingerprint density at radius 3 is 2.82 bits per heavy atom. The van der Waals surface area contributed by atoms with Crippen molar-refractivity contribution in [1.82, 2.24) is 5.32 Å². The number of anilines is 1. The molecule has 0 spiro atoms. The van der Waals surface area contributed by atoms with Gasteiger partial charge in [-0.3, -0.25) is 4.79 Å². The molecule has 0 aliphatic rings. The van der Waals surface area contributed by atoms with Gasteiger partial charge in [0.05, 0.1) is 6.10 Å². The molecule has 0 aliphatic heterocycles. The smallest absolute Gasteiger partial charge is 0.251 e. The summed E-state index contributed by atoms with van der Waals surface area (Å²) in [6.45, 7) is 2.21. The van der Waals surface area contributed by atoms with Crippen LogP contribution in [0.5, 0.6) is 0 Å². The van der Waals surface area contributed by atoms with E-state index >= 15 is 0 Å². The van der Waals surface area contributed by atoms with Crippen LogP contribution in [0, 0.1) is 5.82 Å². The van der Waals surface area contributed by atoms with E-state index in [1.807, 2.05) is 6.92 Å². The Morgan fingerprint density at radius 2 is 2.24 bits per heavy atom. The number of amides is 1. The van der Waals surface area contributed by atoms with Crippen LogP contribution >= 0.6 is 0 Å². The second-order valence-corrected chi connectivity index (χ2v) is 3.88. The summed E-state index contributed by atoms with van der Waals surface area (Å²) in [7, 11) is 0. The molecule has 0 aliphatic carbocycles. The zero-order valence-electron chi connectivity index (χ0n) is 9.74. The number of nitrogens with one attached hydrogen (secondary N) is 1. The number of nitrogen functional groups attached to an aromatic ring is 1. The highest BCUT2D eigenvalue weighted by Crippen LogP contribution is 2.10. The summed E-state index contributed by atoms with van der Waals surface area (Å²) < 4.78 is 13.0. The first-order valence-corrected chi connectivity index (χ1v) is 5.55. The molecule has 0 bridgehead atoms. The number of aliphatic hydroxyl groups is 1. The molecule has 1 amide bonds. The van der Waals surface area contributed by atoms with Crippen LogP contribution < -0.4 is 11.1 Å². The maximum absolute atomic E-state index is 13.0. The lowest BCUT2D eigenvalue weighted by Gasteiger charge is -2.09. The maximum atomic E-state index is 13.0. The van der Waals surface area contributed by atoms with Crippen molar-refractivity contribution in [3.05, 3.63) is 29.6 Å². The quantitative estimate of drug-likeness (QED) is 0.679. The van der Waals surface area contributed by atoms with Crippen molar-refractivity contribution in [2.24, 2.45) is 0 Å². The predicted molar refractivity (Wildman–Crippen MR) is 64.1 cm³/mol. The van der Waals surface area contributed by atoms with E-state index in [0.29, 0.717) is 19.4 Å². The monoisotopic (exact) mass is 240 g/mol. The van der Waals surface area contributed by atoms with Gasteiger partial charge in [0.2, 0.25) is 0 Å². The number of hydrogen-bond donors (Lipinski definition) is 3. The molecule has 94 valence electrons. The summed E-state index contributed by atoms with van der Waals surface area (Å²) in [5.41, 5.74) is 5.84. The van der Waals surface area contributed by atoms with Gasteiger partial charge < -0.3 is 16.2 Å². The second kappa shape index (κ2) is 6.20. The van der Waals surface area contributed by atoms with Gasteiger partial charge in [-0.15, -0.1) is 0 Å². The Morgan fingerprint density at radius 1 is 1.53 bits per heavy atom. The van der Waals surface area contributed by atoms with Gasteiger partial charge in [0.25, 0.3) is 5.91 Å². The highest BCUT2D eigenvalue weighted by Gasteiger charge is 2.08. The summed E-state index contributed by atoms with van der Waals surface area (Å²) in [5, 5.41) is 11.9. The number of rotatable bonds is 5. The van der Waals surface area contributed by atoms with Gasteiger partial charge in [0, 0.05) is 17.8 Å². The Hall–Kier alpha value is -1.62. The normalized spacial score (nSPS) is 12.2. The van der Waals surface area contributed by atoms with E-state index < -0.39 is 11.9 Å². The molecule has 4 nitrogen and oxygen atoms in total.